The molecular weight excluding hydrogens is 388 g/mol. The Morgan fingerprint density at radius 3 is 2.26 bits per heavy atom. The van der Waals surface area contributed by atoms with Crippen LogP contribution in [0.3, 0.4) is 0 Å². The Morgan fingerprint density at radius 2 is 1.61 bits per heavy atom. The summed E-state index contributed by atoms with van der Waals surface area (Å²) in [6, 6.07) is 0. The molecule has 0 aromatic carbocycles. The minimum atomic E-state index is -0.625. The molecule has 0 bridgehead atoms. The molecule has 1 aliphatic rings. The molecule has 0 radical (unpaired) electrons. The van der Waals surface area contributed by atoms with E-state index < -0.39 is 12.2 Å². The fourth-order valence-electron chi connectivity index (χ4n) is 4.32. The summed E-state index contributed by atoms with van der Waals surface area (Å²) in [5, 5.41) is 19.4. The molecule has 1 rings (SSSR count). The van der Waals surface area contributed by atoms with Crippen LogP contribution >= 0.6 is 0 Å². The third kappa shape index (κ3) is 15.1. The van der Waals surface area contributed by atoms with Crippen LogP contribution in [0.1, 0.15) is 118 Å². The topological polar surface area (TPSA) is 58.9 Å². The van der Waals surface area contributed by atoms with Gasteiger partial charge in [-0.1, -0.05) is 91.2 Å². The quantitative estimate of drug-likeness (QED) is 0.205. The zero-order chi connectivity index (χ0) is 23.1. The first kappa shape index (κ1) is 28.6. The molecule has 0 amide bonds. The number of rotatable bonds is 16. The molecule has 1 aliphatic heterocycles. The van der Waals surface area contributed by atoms with Crippen molar-refractivity contribution in [2.45, 2.75) is 143 Å². The Balaban J connectivity index is 2.54. The summed E-state index contributed by atoms with van der Waals surface area (Å²) in [4.78, 5) is 0. The molecule has 1 unspecified atom stereocenters. The largest absolute Gasteiger partial charge is 0.393 e. The molecule has 0 saturated carbocycles. The molecule has 2 N–H and O–H groups in total. The van der Waals surface area contributed by atoms with Gasteiger partial charge in [-0.2, -0.15) is 0 Å². The van der Waals surface area contributed by atoms with E-state index in [4.69, 9.17) is 9.47 Å². The third-order valence-electron chi connectivity index (χ3n) is 6.19. The van der Waals surface area contributed by atoms with Crippen LogP contribution in [-0.2, 0) is 9.47 Å². The van der Waals surface area contributed by atoms with Gasteiger partial charge in [-0.05, 0) is 31.6 Å². The average molecular weight is 441 g/mol. The minimum Gasteiger partial charge on any atom is -0.393 e. The van der Waals surface area contributed by atoms with Crippen LogP contribution in [0.15, 0.2) is 12.2 Å². The molecule has 5 atom stereocenters. The molecule has 0 spiro atoms. The van der Waals surface area contributed by atoms with Crippen LogP contribution in [-0.4, -0.2) is 41.4 Å². The zero-order valence-corrected chi connectivity index (χ0v) is 21.2. The van der Waals surface area contributed by atoms with Crippen molar-refractivity contribution in [3.63, 3.8) is 0 Å². The molecule has 31 heavy (non-hydrogen) atoms. The van der Waals surface area contributed by atoms with E-state index in [1.165, 1.54) is 64.2 Å². The van der Waals surface area contributed by atoms with Gasteiger partial charge in [0.15, 0.2) is 6.29 Å². The van der Waals surface area contributed by atoms with Gasteiger partial charge in [-0.25, -0.2) is 0 Å². The third-order valence-corrected chi connectivity index (χ3v) is 6.19. The van der Waals surface area contributed by atoms with Gasteiger partial charge in [0.05, 0.1) is 24.9 Å². The maximum atomic E-state index is 10.0. The van der Waals surface area contributed by atoms with Crippen molar-refractivity contribution < 1.29 is 19.7 Å². The van der Waals surface area contributed by atoms with Crippen LogP contribution in [0.2, 0.25) is 0 Å². The average Bonchev–Trinajstić information content (AvgIpc) is 2.69. The van der Waals surface area contributed by atoms with E-state index in [9.17, 15) is 10.2 Å². The SMILES string of the molecule is CCCCCCCCC[C@H](CCCC(C)(C)C)C1OCC[C@@H](C=C[C@@H](O)C[C@@H](C)O)O1. The van der Waals surface area contributed by atoms with Crippen molar-refractivity contribution in [2.24, 2.45) is 11.3 Å². The van der Waals surface area contributed by atoms with Crippen LogP contribution in [0, 0.1) is 11.3 Å². The second-order valence-corrected chi connectivity index (χ2v) is 10.9. The van der Waals surface area contributed by atoms with Gasteiger partial charge in [-0.15, -0.1) is 0 Å². The van der Waals surface area contributed by atoms with Crippen LogP contribution < -0.4 is 0 Å². The molecule has 0 aliphatic carbocycles. The van der Waals surface area contributed by atoms with Crippen LogP contribution in [0.5, 0.6) is 0 Å². The van der Waals surface area contributed by atoms with E-state index in [1.54, 1.807) is 13.0 Å². The van der Waals surface area contributed by atoms with Crippen LogP contribution in [0.25, 0.3) is 0 Å². The predicted molar refractivity (Wildman–Crippen MR) is 130 cm³/mol. The van der Waals surface area contributed by atoms with E-state index in [1.807, 2.05) is 6.08 Å². The van der Waals surface area contributed by atoms with E-state index in [0.29, 0.717) is 24.4 Å². The summed E-state index contributed by atoms with van der Waals surface area (Å²) in [5.41, 5.74) is 0.364. The summed E-state index contributed by atoms with van der Waals surface area (Å²) in [7, 11) is 0. The van der Waals surface area contributed by atoms with E-state index in [2.05, 4.69) is 27.7 Å². The predicted octanol–water partition coefficient (Wildman–Crippen LogP) is 6.78. The number of unbranched alkanes of at least 4 members (excludes halogenated alkanes) is 6. The van der Waals surface area contributed by atoms with Crippen molar-refractivity contribution >= 4 is 0 Å². The molecule has 4 nitrogen and oxygen atoms in total. The number of hydrogen-bond donors (Lipinski definition) is 2. The first-order valence-corrected chi connectivity index (χ1v) is 13.0. The molecule has 0 aromatic rings. The standard InChI is InChI=1S/C27H52O4/c1-6-7-8-9-10-11-12-14-23(15-13-19-27(3,4)5)26-30-20-18-25(31-26)17-16-24(29)21-22(2)28/h16-17,22-26,28-29H,6-15,18-21H2,1-5H3/t22-,23-,24-,25-,26?/m1/s1. The van der Waals surface area contributed by atoms with Gasteiger partial charge in [0, 0.05) is 18.8 Å². The van der Waals surface area contributed by atoms with E-state index >= 15 is 0 Å². The lowest BCUT2D eigenvalue weighted by atomic mass is 9.86. The summed E-state index contributed by atoms with van der Waals surface area (Å²) >= 11 is 0. The fourth-order valence-corrected chi connectivity index (χ4v) is 4.32. The van der Waals surface area contributed by atoms with Gasteiger partial charge in [0.1, 0.15) is 0 Å². The smallest absolute Gasteiger partial charge is 0.161 e. The maximum absolute atomic E-state index is 10.0. The Morgan fingerprint density at radius 1 is 0.968 bits per heavy atom. The highest BCUT2D eigenvalue weighted by Gasteiger charge is 2.29. The van der Waals surface area contributed by atoms with E-state index in [-0.39, 0.29) is 12.4 Å². The van der Waals surface area contributed by atoms with Crippen molar-refractivity contribution in [3.05, 3.63) is 12.2 Å². The lowest BCUT2D eigenvalue weighted by Crippen LogP contribution is -2.37. The van der Waals surface area contributed by atoms with Gasteiger partial charge in [0.2, 0.25) is 0 Å². The molecule has 1 saturated heterocycles. The van der Waals surface area contributed by atoms with Crippen LogP contribution in [0.4, 0.5) is 0 Å². The van der Waals surface area contributed by atoms with Crippen molar-refractivity contribution in [1.29, 1.82) is 0 Å². The van der Waals surface area contributed by atoms with E-state index in [0.717, 1.165) is 12.8 Å². The monoisotopic (exact) mass is 440 g/mol. The first-order chi connectivity index (χ1) is 14.7. The normalized spacial score (nSPS) is 23.2. The van der Waals surface area contributed by atoms with Gasteiger partial charge < -0.3 is 19.7 Å². The fraction of sp³-hybridized carbons (Fsp3) is 0.926. The molecule has 1 fully saturated rings. The number of aliphatic hydroxyl groups excluding tert-OH is 2. The summed E-state index contributed by atoms with van der Waals surface area (Å²) in [6.45, 7) is 11.6. The first-order valence-electron chi connectivity index (χ1n) is 13.0. The van der Waals surface area contributed by atoms with Gasteiger partial charge in [0.25, 0.3) is 0 Å². The number of aliphatic hydroxyl groups is 2. The summed E-state index contributed by atoms with van der Waals surface area (Å²) < 4.78 is 12.4. The Kier molecular flexibility index (Phi) is 15.0. The molecule has 1 heterocycles. The van der Waals surface area contributed by atoms with Gasteiger partial charge in [-0.3, -0.25) is 0 Å². The molecule has 0 aromatic heterocycles. The maximum Gasteiger partial charge on any atom is 0.161 e. The minimum absolute atomic E-state index is 0.0124. The highest BCUT2D eigenvalue weighted by Crippen LogP contribution is 2.31. The highest BCUT2D eigenvalue weighted by molar-refractivity contribution is 4.96. The second kappa shape index (κ2) is 16.2. The lowest BCUT2D eigenvalue weighted by molar-refractivity contribution is -0.227. The van der Waals surface area contributed by atoms with Crippen molar-refractivity contribution in [2.75, 3.05) is 6.61 Å². The van der Waals surface area contributed by atoms with Crippen molar-refractivity contribution in [1.82, 2.24) is 0 Å². The zero-order valence-electron chi connectivity index (χ0n) is 21.2. The lowest BCUT2D eigenvalue weighted by Gasteiger charge is -2.35. The Bertz CT molecular complexity index is 455. The second-order valence-electron chi connectivity index (χ2n) is 10.9. The van der Waals surface area contributed by atoms with Gasteiger partial charge >= 0.3 is 0 Å². The summed E-state index contributed by atoms with van der Waals surface area (Å²) in [6.07, 6.45) is 17.7. The highest BCUT2D eigenvalue weighted by atomic mass is 16.7. The number of hydrogen-bond acceptors (Lipinski definition) is 4. The summed E-state index contributed by atoms with van der Waals surface area (Å²) in [5.74, 6) is 0.441. The van der Waals surface area contributed by atoms with Crippen molar-refractivity contribution in [3.8, 4) is 0 Å². The molecular formula is C27H52O4. The Labute approximate surface area is 192 Å². The molecule has 4 heteroatoms. The number of ether oxygens (including phenoxy) is 2. The Hall–Kier alpha value is -0.420. The molecule has 184 valence electrons.